The summed E-state index contributed by atoms with van der Waals surface area (Å²) < 4.78 is 11.3. The van der Waals surface area contributed by atoms with Crippen LogP contribution in [0.2, 0.25) is 0 Å². The van der Waals surface area contributed by atoms with Crippen molar-refractivity contribution in [2.45, 2.75) is 54.7 Å². The van der Waals surface area contributed by atoms with Crippen molar-refractivity contribution in [1.29, 1.82) is 0 Å². The third kappa shape index (κ3) is 3.23. The van der Waals surface area contributed by atoms with Crippen LogP contribution in [0.4, 0.5) is 0 Å². The Labute approximate surface area is 232 Å². The normalized spacial score (nSPS) is 36.2. The van der Waals surface area contributed by atoms with E-state index in [0.29, 0.717) is 10.9 Å². The average molecular weight is 564 g/mol. The van der Waals surface area contributed by atoms with Gasteiger partial charge in [0.1, 0.15) is 11.7 Å². The van der Waals surface area contributed by atoms with Crippen molar-refractivity contribution in [1.82, 2.24) is 4.98 Å². The van der Waals surface area contributed by atoms with Gasteiger partial charge in [0.05, 0.1) is 35.9 Å². The number of benzene rings is 3. The predicted molar refractivity (Wildman–Crippen MR) is 144 cm³/mol. The molecule has 3 aliphatic rings. The summed E-state index contributed by atoms with van der Waals surface area (Å²) in [6, 6.07) is 15.3. The fraction of sp³-hybridized carbons (Fsp3) is 0.367. The molecular weight excluding hydrogens is 534 g/mol. The van der Waals surface area contributed by atoms with Crippen LogP contribution in [0.3, 0.4) is 0 Å². The SMILES string of the molecule is O=C(Oc1c(CO)[nH]c2ccc3cc4ccccc4cc3c12)C1OC2(O)C(O)(C=CC3(CO)CC(O)CC32O)C1O. The van der Waals surface area contributed by atoms with Gasteiger partial charge in [0.15, 0.2) is 17.5 Å². The maximum atomic E-state index is 13.6. The summed E-state index contributed by atoms with van der Waals surface area (Å²) in [5, 5.41) is 80.3. The predicted octanol–water partition coefficient (Wildman–Crippen LogP) is 0.486. The van der Waals surface area contributed by atoms with Crippen molar-refractivity contribution in [3.63, 3.8) is 0 Å². The minimum Gasteiger partial charge on any atom is -0.422 e. The molecule has 0 radical (unpaired) electrons. The van der Waals surface area contributed by atoms with Crippen LogP contribution >= 0.6 is 0 Å². The molecule has 2 fully saturated rings. The van der Waals surface area contributed by atoms with Crippen LogP contribution in [0.1, 0.15) is 18.5 Å². The number of ether oxygens (including phenoxy) is 2. The van der Waals surface area contributed by atoms with Crippen LogP contribution in [0.5, 0.6) is 5.75 Å². The van der Waals surface area contributed by atoms with E-state index in [1.54, 1.807) is 6.07 Å². The number of aliphatic hydroxyl groups is 7. The Kier molecular flexibility index (Phi) is 5.54. The molecule has 1 aliphatic heterocycles. The molecule has 0 spiro atoms. The van der Waals surface area contributed by atoms with Crippen LogP contribution < -0.4 is 4.74 Å². The Bertz CT molecular complexity index is 1770. The van der Waals surface area contributed by atoms with Crippen molar-refractivity contribution in [2.24, 2.45) is 5.41 Å². The van der Waals surface area contributed by atoms with Crippen LogP contribution in [0, 0.1) is 5.41 Å². The lowest BCUT2D eigenvalue weighted by Gasteiger charge is -2.54. The highest BCUT2D eigenvalue weighted by atomic mass is 16.7. The Morgan fingerprint density at radius 3 is 2.41 bits per heavy atom. The van der Waals surface area contributed by atoms with Gasteiger partial charge in [-0.1, -0.05) is 36.4 Å². The number of esters is 1. The Morgan fingerprint density at radius 1 is 0.976 bits per heavy atom. The second kappa shape index (κ2) is 8.57. The van der Waals surface area contributed by atoms with Crippen LogP contribution in [0.25, 0.3) is 32.4 Å². The van der Waals surface area contributed by atoms with Gasteiger partial charge in [0, 0.05) is 11.8 Å². The lowest BCUT2D eigenvalue weighted by molar-refractivity contribution is -0.358. The molecule has 3 aromatic carbocycles. The summed E-state index contributed by atoms with van der Waals surface area (Å²) in [5.41, 5.74) is -5.99. The number of carbonyl (C=O) groups is 1. The molecule has 11 heteroatoms. The summed E-state index contributed by atoms with van der Waals surface area (Å²) in [5.74, 6) is -4.20. The lowest BCUT2D eigenvalue weighted by Crippen LogP contribution is -2.74. The van der Waals surface area contributed by atoms with E-state index in [1.165, 1.54) is 6.08 Å². The average Bonchev–Trinajstić information content (AvgIpc) is 3.53. The molecule has 0 amide bonds. The van der Waals surface area contributed by atoms with E-state index in [1.807, 2.05) is 42.5 Å². The van der Waals surface area contributed by atoms with Gasteiger partial charge >= 0.3 is 5.97 Å². The van der Waals surface area contributed by atoms with Gasteiger partial charge in [-0.25, -0.2) is 4.79 Å². The van der Waals surface area contributed by atoms with Crippen molar-refractivity contribution >= 4 is 38.4 Å². The van der Waals surface area contributed by atoms with E-state index in [2.05, 4.69) is 4.98 Å². The van der Waals surface area contributed by atoms with Gasteiger partial charge in [0.25, 0.3) is 0 Å². The molecule has 4 aromatic rings. The number of H-pyrrole nitrogens is 1. The van der Waals surface area contributed by atoms with E-state index in [-0.39, 0.29) is 17.9 Å². The largest absolute Gasteiger partial charge is 0.422 e. The van der Waals surface area contributed by atoms with Crippen molar-refractivity contribution in [2.75, 3.05) is 6.61 Å². The highest BCUT2D eigenvalue weighted by Crippen LogP contribution is 2.62. The maximum Gasteiger partial charge on any atom is 0.343 e. The van der Waals surface area contributed by atoms with Gasteiger partial charge in [-0.2, -0.15) is 0 Å². The molecule has 1 aromatic heterocycles. The number of nitrogens with one attached hydrogen (secondary N) is 1. The first-order valence-corrected chi connectivity index (χ1v) is 13.3. The number of aromatic nitrogens is 1. The zero-order valence-electron chi connectivity index (χ0n) is 21.7. The number of hydrogen-bond donors (Lipinski definition) is 8. The molecule has 11 nitrogen and oxygen atoms in total. The van der Waals surface area contributed by atoms with Gasteiger partial charge in [-0.3, -0.25) is 0 Å². The zero-order valence-corrected chi connectivity index (χ0v) is 21.7. The molecule has 2 aliphatic carbocycles. The highest BCUT2D eigenvalue weighted by molar-refractivity contribution is 6.14. The molecular formula is C30H29NO10. The number of aromatic amines is 1. The fourth-order valence-corrected chi connectivity index (χ4v) is 7.13. The van der Waals surface area contributed by atoms with E-state index in [0.717, 1.165) is 27.6 Å². The minimum atomic E-state index is -2.98. The monoisotopic (exact) mass is 563 g/mol. The second-order valence-corrected chi connectivity index (χ2v) is 11.4. The van der Waals surface area contributed by atoms with Crippen molar-refractivity contribution < 1.29 is 50.0 Å². The molecule has 7 rings (SSSR count). The van der Waals surface area contributed by atoms with Gasteiger partial charge in [0.2, 0.25) is 5.79 Å². The molecule has 1 saturated heterocycles. The molecule has 8 N–H and O–H groups in total. The van der Waals surface area contributed by atoms with E-state index >= 15 is 0 Å². The smallest absolute Gasteiger partial charge is 0.343 e. The number of aliphatic hydroxyl groups excluding tert-OH is 4. The molecule has 41 heavy (non-hydrogen) atoms. The number of fused-ring (bicyclic) bond motifs is 7. The standard InChI is InChI=1S/C30H29NO10/c32-13-21-23(22-19-10-16-4-2-1-3-15(16)9-17(19)5-6-20(22)31-21)40-26(36)24-25(35)28(37)8-7-27(14-33)11-18(34)12-29(27,38)30(28,39)41-24/h1-10,18,24-25,31-35,37-39H,11-14H2. The van der Waals surface area contributed by atoms with Gasteiger partial charge in [-0.15, -0.1) is 0 Å². The van der Waals surface area contributed by atoms with Crippen molar-refractivity contribution in [3.05, 3.63) is 66.4 Å². The first kappa shape index (κ1) is 26.5. The quantitative estimate of drug-likeness (QED) is 0.0984. The maximum absolute atomic E-state index is 13.6. The van der Waals surface area contributed by atoms with Crippen LogP contribution in [-0.4, -0.2) is 88.6 Å². The fourth-order valence-electron chi connectivity index (χ4n) is 7.13. The minimum absolute atomic E-state index is 0.0201. The number of carbonyl (C=O) groups excluding carboxylic acids is 1. The van der Waals surface area contributed by atoms with Crippen LogP contribution in [-0.2, 0) is 16.1 Å². The van der Waals surface area contributed by atoms with Gasteiger partial charge < -0.3 is 50.2 Å². The first-order chi connectivity index (χ1) is 19.5. The van der Waals surface area contributed by atoms with Crippen LogP contribution in [0.15, 0.2) is 60.7 Å². The molecule has 7 atom stereocenters. The van der Waals surface area contributed by atoms with Gasteiger partial charge in [-0.05, 0) is 52.2 Å². The molecule has 214 valence electrons. The Balaban J connectivity index is 1.31. The number of rotatable bonds is 4. The molecule has 1 saturated carbocycles. The molecule has 0 bridgehead atoms. The summed E-state index contributed by atoms with van der Waals surface area (Å²) in [4.78, 5) is 16.6. The third-order valence-electron chi connectivity index (χ3n) is 9.30. The van der Waals surface area contributed by atoms with E-state index in [9.17, 15) is 40.5 Å². The summed E-state index contributed by atoms with van der Waals surface area (Å²) >= 11 is 0. The van der Waals surface area contributed by atoms with E-state index in [4.69, 9.17) is 9.47 Å². The highest BCUT2D eigenvalue weighted by Gasteiger charge is 2.81. The van der Waals surface area contributed by atoms with E-state index < -0.39 is 66.3 Å². The first-order valence-electron chi connectivity index (χ1n) is 13.3. The molecule has 2 heterocycles. The lowest BCUT2D eigenvalue weighted by atomic mass is 9.60. The third-order valence-corrected chi connectivity index (χ3v) is 9.30. The summed E-state index contributed by atoms with van der Waals surface area (Å²) in [6.07, 6.45) is -3.69. The Morgan fingerprint density at radius 2 is 1.71 bits per heavy atom. The zero-order chi connectivity index (χ0) is 28.9. The Hall–Kier alpha value is -3.39. The number of hydrogen-bond acceptors (Lipinski definition) is 10. The second-order valence-electron chi connectivity index (χ2n) is 11.4. The molecule has 7 unspecified atom stereocenters. The summed E-state index contributed by atoms with van der Waals surface area (Å²) in [6.45, 7) is -1.23. The summed E-state index contributed by atoms with van der Waals surface area (Å²) in [7, 11) is 0. The topological polar surface area (TPSA) is 193 Å². The van der Waals surface area contributed by atoms with Crippen molar-refractivity contribution in [3.8, 4) is 5.75 Å².